The number of hydrogen-bond donors (Lipinski definition) is 1. The van der Waals surface area contributed by atoms with Crippen LogP contribution in [0.15, 0.2) is 48.5 Å². The second-order valence-corrected chi connectivity index (χ2v) is 10.3. The molecule has 0 aliphatic carbocycles. The minimum atomic E-state index is -3.83. The topological polar surface area (TPSA) is 96.0 Å². The highest BCUT2D eigenvalue weighted by molar-refractivity contribution is 7.92. The lowest BCUT2D eigenvalue weighted by atomic mass is 10.1. The summed E-state index contributed by atoms with van der Waals surface area (Å²) in [6, 6.07) is 11.0. The standard InChI is InChI=1S/C25H34FN3O5S/c1-6-23(25(31)27-18(3)4)28(16-19-8-10-20(26)11-9-19)24(30)17-29(35(5,32)33)21-12-14-22(15-13-21)34-7-2/h8-15,18,23H,6-7,16-17H2,1-5H3,(H,27,31)/t23-/m0/s1. The van der Waals surface area contributed by atoms with Crippen molar-refractivity contribution in [2.24, 2.45) is 0 Å². The minimum absolute atomic E-state index is 0.0179. The third-order valence-electron chi connectivity index (χ3n) is 5.20. The average molecular weight is 508 g/mol. The van der Waals surface area contributed by atoms with Crippen molar-refractivity contribution in [2.45, 2.75) is 52.7 Å². The summed E-state index contributed by atoms with van der Waals surface area (Å²) < 4.78 is 45.1. The van der Waals surface area contributed by atoms with Crippen molar-refractivity contribution in [3.05, 3.63) is 59.9 Å². The maximum absolute atomic E-state index is 13.5. The molecule has 0 saturated heterocycles. The van der Waals surface area contributed by atoms with E-state index in [1.807, 2.05) is 20.8 Å². The van der Waals surface area contributed by atoms with Crippen LogP contribution in [-0.4, -0.2) is 56.6 Å². The summed E-state index contributed by atoms with van der Waals surface area (Å²) in [6.07, 6.45) is 1.33. The van der Waals surface area contributed by atoms with E-state index in [0.29, 0.717) is 30.0 Å². The lowest BCUT2D eigenvalue weighted by molar-refractivity contribution is -0.140. The zero-order chi connectivity index (χ0) is 26.2. The number of anilines is 1. The second kappa shape index (κ2) is 12.5. The Hall–Kier alpha value is -3.14. The molecular weight excluding hydrogens is 473 g/mol. The number of nitrogens with zero attached hydrogens (tertiary/aromatic N) is 2. The zero-order valence-electron chi connectivity index (χ0n) is 20.8. The summed E-state index contributed by atoms with van der Waals surface area (Å²) in [5.74, 6) is -0.746. The molecule has 0 unspecified atom stereocenters. The van der Waals surface area contributed by atoms with Gasteiger partial charge >= 0.3 is 0 Å². The van der Waals surface area contributed by atoms with E-state index in [0.717, 1.165) is 10.6 Å². The van der Waals surface area contributed by atoms with Gasteiger partial charge in [-0.25, -0.2) is 12.8 Å². The van der Waals surface area contributed by atoms with E-state index in [2.05, 4.69) is 5.32 Å². The number of hydrogen-bond acceptors (Lipinski definition) is 5. The van der Waals surface area contributed by atoms with Gasteiger partial charge in [-0.2, -0.15) is 0 Å². The summed E-state index contributed by atoms with van der Waals surface area (Å²) in [5, 5.41) is 2.82. The molecule has 1 N–H and O–H groups in total. The van der Waals surface area contributed by atoms with Gasteiger partial charge in [0.15, 0.2) is 0 Å². The number of halogens is 1. The van der Waals surface area contributed by atoms with Gasteiger partial charge in [-0.05, 0) is 69.2 Å². The van der Waals surface area contributed by atoms with Gasteiger partial charge in [0, 0.05) is 12.6 Å². The molecule has 0 saturated carbocycles. The Balaban J connectivity index is 2.40. The lowest BCUT2D eigenvalue weighted by Crippen LogP contribution is -2.53. The summed E-state index contributed by atoms with van der Waals surface area (Å²) in [5.41, 5.74) is 0.910. The van der Waals surface area contributed by atoms with Crippen molar-refractivity contribution in [1.29, 1.82) is 0 Å². The van der Waals surface area contributed by atoms with Crippen LogP contribution in [-0.2, 0) is 26.2 Å². The van der Waals surface area contributed by atoms with Gasteiger partial charge in [-0.15, -0.1) is 0 Å². The fourth-order valence-electron chi connectivity index (χ4n) is 3.58. The summed E-state index contributed by atoms with van der Waals surface area (Å²) in [6.45, 7) is 7.22. The van der Waals surface area contributed by atoms with Crippen LogP contribution in [0.25, 0.3) is 0 Å². The SMILES string of the molecule is CCOc1ccc(N(CC(=O)N(Cc2ccc(F)cc2)[C@@H](CC)C(=O)NC(C)C)S(C)(=O)=O)cc1. The van der Waals surface area contributed by atoms with E-state index >= 15 is 0 Å². The van der Waals surface area contributed by atoms with Gasteiger partial charge in [0.2, 0.25) is 21.8 Å². The van der Waals surface area contributed by atoms with Gasteiger partial charge in [-0.1, -0.05) is 19.1 Å². The predicted octanol–water partition coefficient (Wildman–Crippen LogP) is 3.32. The third kappa shape index (κ3) is 8.24. The van der Waals surface area contributed by atoms with Crippen molar-refractivity contribution in [3.63, 3.8) is 0 Å². The van der Waals surface area contributed by atoms with E-state index in [9.17, 15) is 22.4 Å². The van der Waals surface area contributed by atoms with Gasteiger partial charge in [-0.3, -0.25) is 13.9 Å². The highest BCUT2D eigenvalue weighted by atomic mass is 32.2. The molecule has 2 aromatic carbocycles. The molecule has 2 aromatic rings. The number of carbonyl (C=O) groups excluding carboxylic acids is 2. The number of ether oxygens (including phenoxy) is 1. The molecule has 2 rings (SSSR count). The summed E-state index contributed by atoms with van der Waals surface area (Å²) >= 11 is 0. The molecule has 10 heteroatoms. The van der Waals surface area contributed by atoms with E-state index in [-0.39, 0.29) is 18.5 Å². The quantitative estimate of drug-likeness (QED) is 0.476. The normalized spacial score (nSPS) is 12.2. The highest BCUT2D eigenvalue weighted by Gasteiger charge is 2.32. The van der Waals surface area contributed by atoms with Crippen LogP contribution < -0.4 is 14.4 Å². The number of benzene rings is 2. The number of amides is 2. The van der Waals surface area contributed by atoms with Crippen molar-refractivity contribution in [3.8, 4) is 5.75 Å². The van der Waals surface area contributed by atoms with Gasteiger partial charge in [0.05, 0.1) is 18.6 Å². The lowest BCUT2D eigenvalue weighted by Gasteiger charge is -2.33. The van der Waals surface area contributed by atoms with Crippen LogP contribution in [0.1, 0.15) is 39.7 Å². The highest BCUT2D eigenvalue weighted by Crippen LogP contribution is 2.23. The molecule has 0 fully saturated rings. The molecule has 8 nitrogen and oxygen atoms in total. The number of sulfonamides is 1. The predicted molar refractivity (Wildman–Crippen MR) is 134 cm³/mol. The van der Waals surface area contributed by atoms with E-state index < -0.39 is 34.3 Å². The summed E-state index contributed by atoms with van der Waals surface area (Å²) in [4.78, 5) is 27.8. The first-order valence-corrected chi connectivity index (χ1v) is 13.4. The molecule has 35 heavy (non-hydrogen) atoms. The average Bonchev–Trinajstić information content (AvgIpc) is 2.78. The molecule has 1 atom stereocenters. The van der Waals surface area contributed by atoms with Gasteiger partial charge in [0.1, 0.15) is 24.2 Å². The molecule has 0 spiro atoms. The van der Waals surface area contributed by atoms with E-state index in [4.69, 9.17) is 4.74 Å². The number of nitrogens with one attached hydrogen (secondary N) is 1. The maximum Gasteiger partial charge on any atom is 0.244 e. The van der Waals surface area contributed by atoms with Crippen LogP contribution >= 0.6 is 0 Å². The number of rotatable bonds is 12. The van der Waals surface area contributed by atoms with Crippen molar-refractivity contribution >= 4 is 27.5 Å². The Morgan fingerprint density at radius 1 is 1.03 bits per heavy atom. The molecule has 2 amide bonds. The zero-order valence-corrected chi connectivity index (χ0v) is 21.6. The summed E-state index contributed by atoms with van der Waals surface area (Å²) in [7, 11) is -3.83. The second-order valence-electron chi connectivity index (χ2n) is 8.43. The Morgan fingerprint density at radius 2 is 1.63 bits per heavy atom. The van der Waals surface area contributed by atoms with Crippen molar-refractivity contribution in [1.82, 2.24) is 10.2 Å². The third-order valence-corrected chi connectivity index (χ3v) is 6.34. The van der Waals surface area contributed by atoms with Crippen molar-refractivity contribution in [2.75, 3.05) is 23.7 Å². The fraction of sp³-hybridized carbons (Fsp3) is 0.440. The smallest absolute Gasteiger partial charge is 0.244 e. The largest absolute Gasteiger partial charge is 0.494 e. The van der Waals surface area contributed by atoms with Gasteiger partial charge in [0.25, 0.3) is 0 Å². The Bertz CT molecular complexity index is 1090. The molecule has 0 radical (unpaired) electrons. The van der Waals surface area contributed by atoms with E-state index in [1.165, 1.54) is 29.2 Å². The first-order valence-electron chi connectivity index (χ1n) is 11.5. The first-order chi connectivity index (χ1) is 16.5. The molecule has 0 aromatic heterocycles. The van der Waals surface area contributed by atoms with Crippen LogP contribution in [0.2, 0.25) is 0 Å². The number of carbonyl (C=O) groups is 2. The molecule has 0 heterocycles. The Labute approximate surface area is 207 Å². The van der Waals surface area contributed by atoms with Crippen LogP contribution in [0.4, 0.5) is 10.1 Å². The monoisotopic (exact) mass is 507 g/mol. The molecular formula is C25H34FN3O5S. The molecule has 0 aliphatic rings. The molecule has 192 valence electrons. The van der Waals surface area contributed by atoms with Crippen molar-refractivity contribution < 1.29 is 27.1 Å². The van der Waals surface area contributed by atoms with Gasteiger partial charge < -0.3 is 15.0 Å². The molecule has 0 aliphatic heterocycles. The Kier molecular flexibility index (Phi) is 10.1. The Morgan fingerprint density at radius 3 is 2.11 bits per heavy atom. The minimum Gasteiger partial charge on any atom is -0.494 e. The van der Waals surface area contributed by atoms with E-state index in [1.54, 1.807) is 31.2 Å². The van der Waals surface area contributed by atoms with Crippen LogP contribution in [0, 0.1) is 5.82 Å². The maximum atomic E-state index is 13.5. The van der Waals surface area contributed by atoms with Crippen LogP contribution in [0.5, 0.6) is 5.75 Å². The molecule has 0 bridgehead atoms. The van der Waals surface area contributed by atoms with Crippen LogP contribution in [0.3, 0.4) is 0 Å². The first kappa shape index (κ1) is 28.1. The fourth-order valence-corrected chi connectivity index (χ4v) is 4.43.